The van der Waals surface area contributed by atoms with Crippen molar-refractivity contribution in [2.45, 2.75) is 91.3 Å². The zero-order valence-electron chi connectivity index (χ0n) is 31.2. The summed E-state index contributed by atoms with van der Waals surface area (Å²) in [6, 6.07) is 7.53. The average molecular weight is 712 g/mol. The van der Waals surface area contributed by atoms with E-state index in [1.54, 1.807) is 13.1 Å². The molecular weight excluding hydrogens is 661 g/mol. The highest BCUT2D eigenvalue weighted by molar-refractivity contribution is 6.01. The smallest absolute Gasteiger partial charge is 0.337 e. The number of aryl methyl sites for hydroxylation is 2. The van der Waals surface area contributed by atoms with Crippen LogP contribution in [0.1, 0.15) is 87.8 Å². The lowest BCUT2D eigenvalue weighted by Gasteiger charge is -2.29. The van der Waals surface area contributed by atoms with Gasteiger partial charge < -0.3 is 28.9 Å². The molecule has 1 atom stereocenters. The highest BCUT2D eigenvalue weighted by atomic mass is 19.1. The van der Waals surface area contributed by atoms with Crippen molar-refractivity contribution < 1.29 is 28.6 Å². The predicted octanol–water partition coefficient (Wildman–Crippen LogP) is 7.55. The van der Waals surface area contributed by atoms with Gasteiger partial charge in [0.05, 0.1) is 17.9 Å². The van der Waals surface area contributed by atoms with Crippen molar-refractivity contribution in [3.63, 3.8) is 0 Å². The lowest BCUT2D eigenvalue weighted by atomic mass is 9.86. The largest absolute Gasteiger partial charge is 0.490 e. The minimum absolute atomic E-state index is 0.169. The van der Waals surface area contributed by atoms with Crippen LogP contribution in [-0.4, -0.2) is 74.8 Å². The maximum Gasteiger partial charge on any atom is 0.337 e. The van der Waals surface area contributed by atoms with E-state index in [0.717, 1.165) is 79.8 Å². The molecule has 1 unspecified atom stereocenters. The first-order valence-corrected chi connectivity index (χ1v) is 18.7. The molecular formula is C41H50FN5O5. The van der Waals surface area contributed by atoms with Gasteiger partial charge in [0.2, 0.25) is 5.91 Å². The maximum atomic E-state index is 15.9. The number of benzene rings is 1. The Balaban J connectivity index is 1.34. The first kappa shape index (κ1) is 35.9. The number of nitrogens with zero attached hydrogens (tertiary/aromatic N) is 5. The molecule has 3 aliphatic rings. The normalized spacial score (nSPS) is 17.6. The van der Waals surface area contributed by atoms with Gasteiger partial charge in [0.25, 0.3) is 0 Å². The van der Waals surface area contributed by atoms with Gasteiger partial charge in [0.15, 0.2) is 17.7 Å². The molecule has 2 aliphatic heterocycles. The highest BCUT2D eigenvalue weighted by Crippen LogP contribution is 2.45. The number of carboxylic acids is 1. The van der Waals surface area contributed by atoms with Crippen molar-refractivity contribution >= 4 is 28.7 Å². The van der Waals surface area contributed by atoms with E-state index in [0.29, 0.717) is 65.4 Å². The quantitative estimate of drug-likeness (QED) is 0.209. The van der Waals surface area contributed by atoms with E-state index in [1.165, 1.54) is 6.07 Å². The number of amides is 1. The summed E-state index contributed by atoms with van der Waals surface area (Å²) < 4.78 is 29.9. The standard InChI is InChI=1S/C41H50FN5O5/c1-24-28-13-9-20-51-36(28)31(42)22-29(24)35-30-23-32(45(6)38(30)44-25(2)34(35)37(40(49)50)52-41(3,4)5)27-14-15-43-33(21-27)46-16-10-17-47(19-18-46)39(48)26-11-7-8-12-26/h14-15,21-23,26,37H,7-13,16-20H2,1-6H3,(H,49,50). The fraction of sp³-hybridized carbons (Fsp3) is 0.512. The van der Waals surface area contributed by atoms with Crippen molar-refractivity contribution in [1.29, 1.82) is 0 Å². The molecule has 2 fully saturated rings. The Hall–Kier alpha value is -4.51. The summed E-state index contributed by atoms with van der Waals surface area (Å²) in [6.45, 7) is 12.6. The van der Waals surface area contributed by atoms with E-state index in [2.05, 4.69) is 11.0 Å². The lowest BCUT2D eigenvalue weighted by Crippen LogP contribution is -2.38. The fourth-order valence-corrected chi connectivity index (χ4v) is 8.40. The highest BCUT2D eigenvalue weighted by Gasteiger charge is 2.35. The van der Waals surface area contributed by atoms with Crippen LogP contribution in [0.25, 0.3) is 33.4 Å². The summed E-state index contributed by atoms with van der Waals surface area (Å²) >= 11 is 0. The minimum atomic E-state index is -1.35. The third-order valence-electron chi connectivity index (χ3n) is 10.9. The molecule has 4 aromatic rings. The summed E-state index contributed by atoms with van der Waals surface area (Å²) in [7, 11) is 1.95. The molecule has 276 valence electrons. The van der Waals surface area contributed by atoms with Crippen LogP contribution in [0, 0.1) is 25.6 Å². The van der Waals surface area contributed by atoms with E-state index < -0.39 is 23.5 Å². The van der Waals surface area contributed by atoms with Crippen LogP contribution in [0.5, 0.6) is 5.75 Å². The number of carbonyl (C=O) groups excluding carboxylic acids is 1. The molecule has 1 aliphatic carbocycles. The molecule has 3 aromatic heterocycles. The van der Waals surface area contributed by atoms with Gasteiger partial charge in [-0.1, -0.05) is 12.8 Å². The number of fused-ring (bicyclic) bond motifs is 2. The zero-order valence-corrected chi connectivity index (χ0v) is 31.2. The topological polar surface area (TPSA) is 110 Å². The molecule has 10 nitrogen and oxygen atoms in total. The van der Waals surface area contributed by atoms with E-state index in [1.807, 2.05) is 56.3 Å². The van der Waals surface area contributed by atoms with Gasteiger partial charge in [-0.2, -0.15) is 0 Å². The van der Waals surface area contributed by atoms with E-state index in [9.17, 15) is 14.7 Å². The summed E-state index contributed by atoms with van der Waals surface area (Å²) in [5.41, 5.74) is 5.39. The van der Waals surface area contributed by atoms with Gasteiger partial charge in [0.1, 0.15) is 11.5 Å². The van der Waals surface area contributed by atoms with Crippen LogP contribution in [-0.2, 0) is 27.8 Å². The van der Waals surface area contributed by atoms with Crippen LogP contribution in [0.15, 0.2) is 30.5 Å². The van der Waals surface area contributed by atoms with Crippen molar-refractivity contribution in [2.75, 3.05) is 37.7 Å². The van der Waals surface area contributed by atoms with Crippen LogP contribution in [0.2, 0.25) is 0 Å². The average Bonchev–Trinajstić information content (AvgIpc) is 3.69. The Morgan fingerprint density at radius 3 is 2.54 bits per heavy atom. The number of ether oxygens (including phenoxy) is 2. The molecule has 7 rings (SSSR count). The third kappa shape index (κ3) is 6.75. The van der Waals surface area contributed by atoms with E-state index in [4.69, 9.17) is 19.4 Å². The molecule has 1 saturated carbocycles. The van der Waals surface area contributed by atoms with Gasteiger partial charge in [-0.25, -0.2) is 19.2 Å². The monoisotopic (exact) mass is 711 g/mol. The molecule has 1 aromatic carbocycles. The first-order valence-electron chi connectivity index (χ1n) is 18.7. The molecule has 52 heavy (non-hydrogen) atoms. The summed E-state index contributed by atoms with van der Waals surface area (Å²) in [6.07, 6.45) is 7.05. The second-order valence-corrected chi connectivity index (χ2v) is 15.6. The van der Waals surface area contributed by atoms with E-state index >= 15 is 4.39 Å². The number of anilines is 1. The number of aromatic nitrogens is 3. The number of aliphatic carboxylic acids is 1. The van der Waals surface area contributed by atoms with Crippen molar-refractivity contribution in [3.05, 3.63) is 58.7 Å². The second-order valence-electron chi connectivity index (χ2n) is 15.6. The van der Waals surface area contributed by atoms with Crippen molar-refractivity contribution in [2.24, 2.45) is 13.0 Å². The molecule has 0 bridgehead atoms. The first-order chi connectivity index (χ1) is 24.8. The summed E-state index contributed by atoms with van der Waals surface area (Å²) in [5, 5.41) is 11.3. The number of hydrogen-bond acceptors (Lipinski definition) is 7. The van der Waals surface area contributed by atoms with Crippen molar-refractivity contribution in [1.82, 2.24) is 19.4 Å². The van der Waals surface area contributed by atoms with Crippen LogP contribution < -0.4 is 9.64 Å². The number of rotatable bonds is 7. The Bertz CT molecular complexity index is 2030. The Kier molecular flexibility index (Phi) is 9.75. The molecule has 0 spiro atoms. The maximum absolute atomic E-state index is 15.9. The van der Waals surface area contributed by atoms with Crippen LogP contribution in [0.3, 0.4) is 0 Å². The van der Waals surface area contributed by atoms with Crippen molar-refractivity contribution in [3.8, 4) is 28.1 Å². The van der Waals surface area contributed by atoms with Gasteiger partial charge in [-0.3, -0.25) is 4.79 Å². The summed E-state index contributed by atoms with van der Waals surface area (Å²) in [5.74, 6) is -0.0365. The number of carboxylic acid groups (broad SMARTS) is 1. The second kappa shape index (κ2) is 14.1. The zero-order chi connectivity index (χ0) is 36.9. The number of pyridine rings is 2. The minimum Gasteiger partial charge on any atom is -0.490 e. The van der Waals surface area contributed by atoms with E-state index in [-0.39, 0.29) is 11.7 Å². The number of carbonyl (C=O) groups is 2. The molecule has 1 saturated heterocycles. The third-order valence-corrected chi connectivity index (χ3v) is 10.9. The van der Waals surface area contributed by atoms with Crippen LogP contribution >= 0.6 is 0 Å². The van der Waals surface area contributed by atoms with Gasteiger partial charge in [-0.05, 0) is 102 Å². The SMILES string of the molecule is Cc1nc2c(cc(-c3ccnc(N4CCCN(C(=O)C5CCCC5)CC4)c3)n2C)c(-c2cc(F)c3c(c2C)CCCO3)c1C(OC(C)(C)C)C(=O)O. The molecule has 1 N–H and O–H groups in total. The fourth-order valence-electron chi connectivity index (χ4n) is 8.40. The Morgan fingerprint density at radius 2 is 1.81 bits per heavy atom. The molecule has 1 amide bonds. The summed E-state index contributed by atoms with van der Waals surface area (Å²) in [4.78, 5) is 40.2. The molecule has 0 radical (unpaired) electrons. The van der Waals surface area contributed by atoms with Gasteiger partial charge in [0, 0.05) is 78.7 Å². The van der Waals surface area contributed by atoms with Crippen LogP contribution in [0.4, 0.5) is 10.2 Å². The van der Waals surface area contributed by atoms with Gasteiger partial charge >= 0.3 is 5.97 Å². The van der Waals surface area contributed by atoms with Gasteiger partial charge in [-0.15, -0.1) is 0 Å². The lowest BCUT2D eigenvalue weighted by molar-refractivity contribution is -0.160. The molecule has 11 heteroatoms. The number of hydrogen-bond donors (Lipinski definition) is 1. The number of halogens is 1. The molecule has 5 heterocycles. The predicted molar refractivity (Wildman–Crippen MR) is 199 cm³/mol. The Labute approximate surface area is 304 Å². The Morgan fingerprint density at radius 1 is 1.04 bits per heavy atom.